The average Bonchev–Trinajstić information content (AvgIpc) is 1.99. The molecule has 0 aliphatic rings. The second-order valence-corrected chi connectivity index (χ2v) is 5.53. The van der Waals surface area contributed by atoms with Gasteiger partial charge in [0.25, 0.3) is 20.2 Å². The smallest absolute Gasteiger partial charge is 1.00 e. The summed E-state index contributed by atoms with van der Waals surface area (Å²) < 4.78 is 60.0. The molecule has 1 aromatic rings. The Morgan fingerprint density at radius 3 is 1.41 bits per heavy atom. The van der Waals surface area contributed by atoms with Gasteiger partial charge in [-0.3, -0.25) is 9.11 Å². The summed E-state index contributed by atoms with van der Waals surface area (Å²) in [5.74, 6) is 0. The fourth-order valence-corrected chi connectivity index (χ4v) is 2.09. The molecule has 4 N–H and O–H groups in total. The number of hydrogen-bond donors (Lipinski definition) is 3. The van der Waals surface area contributed by atoms with E-state index in [1.165, 1.54) is 0 Å². The van der Waals surface area contributed by atoms with Crippen molar-refractivity contribution in [3.8, 4) is 0 Å². The minimum absolute atomic E-state index is 0. The van der Waals surface area contributed by atoms with Crippen molar-refractivity contribution >= 4 is 25.9 Å². The van der Waals surface area contributed by atoms with E-state index in [1.807, 2.05) is 0 Å². The Hall–Kier alpha value is 0.840. The summed E-state index contributed by atoms with van der Waals surface area (Å²) in [6.07, 6.45) is 0. The number of anilines is 1. The number of rotatable bonds is 2. The maximum atomic E-state index is 10.7. The van der Waals surface area contributed by atoms with Gasteiger partial charge in [0.05, 0.1) is 9.79 Å². The van der Waals surface area contributed by atoms with Crippen molar-refractivity contribution in [3.05, 3.63) is 18.2 Å². The third kappa shape index (κ3) is 6.01. The summed E-state index contributed by atoms with van der Waals surface area (Å²) in [6, 6.07) is 2.33. The van der Waals surface area contributed by atoms with E-state index in [0.717, 1.165) is 12.1 Å². The van der Waals surface area contributed by atoms with E-state index >= 15 is 0 Å². The van der Waals surface area contributed by atoms with Crippen LogP contribution in [0, 0.1) is 0 Å². The Bertz CT molecular complexity index is 556. The Morgan fingerprint density at radius 1 is 0.882 bits per heavy atom. The van der Waals surface area contributed by atoms with Gasteiger partial charge < -0.3 is 8.59 Å². The standard InChI is InChI=1S/C6H7NO6S2.2Na.2H/c7-4-1-5(14(8,9)10)3-6(2-4)15(11,12)13;;;;/h1-3H,7H2,(H,8,9,10)(H,11,12,13);;;;/q;2*+1;2*-1. The van der Waals surface area contributed by atoms with E-state index in [0.29, 0.717) is 6.07 Å². The summed E-state index contributed by atoms with van der Waals surface area (Å²) >= 11 is 0. The Kier molecular flexibility index (Phi) is 8.12. The van der Waals surface area contributed by atoms with Crippen LogP contribution in [0.1, 0.15) is 2.85 Å². The van der Waals surface area contributed by atoms with Gasteiger partial charge in [0.1, 0.15) is 0 Å². The molecule has 0 spiro atoms. The molecule has 11 heteroatoms. The molecule has 0 aliphatic carbocycles. The molecule has 0 unspecified atom stereocenters. The number of nitrogens with two attached hydrogens (primary N) is 1. The van der Waals surface area contributed by atoms with Crippen molar-refractivity contribution in [2.45, 2.75) is 9.79 Å². The third-order valence-corrected chi connectivity index (χ3v) is 3.16. The molecule has 1 rings (SSSR count). The van der Waals surface area contributed by atoms with Crippen molar-refractivity contribution in [3.63, 3.8) is 0 Å². The summed E-state index contributed by atoms with van der Waals surface area (Å²) in [5.41, 5.74) is 4.99. The van der Waals surface area contributed by atoms with Crippen LogP contribution in [0.4, 0.5) is 5.69 Å². The Balaban J connectivity index is -0.000000281. The number of hydrogen-bond acceptors (Lipinski definition) is 5. The van der Waals surface area contributed by atoms with E-state index in [1.54, 1.807) is 0 Å². The van der Waals surface area contributed by atoms with Crippen LogP contribution in [0.3, 0.4) is 0 Å². The molecule has 0 aromatic heterocycles. The van der Waals surface area contributed by atoms with Crippen LogP contribution in [0.5, 0.6) is 0 Å². The first-order valence-corrected chi connectivity index (χ1v) is 6.34. The van der Waals surface area contributed by atoms with Gasteiger partial charge in [0.15, 0.2) is 0 Å². The van der Waals surface area contributed by atoms with Gasteiger partial charge in [0.2, 0.25) is 0 Å². The molecule has 0 bridgehead atoms. The van der Waals surface area contributed by atoms with Crippen molar-refractivity contribution in [1.29, 1.82) is 0 Å². The van der Waals surface area contributed by atoms with E-state index in [4.69, 9.17) is 14.8 Å². The molecular formula is C6H9NNa2O6S2. The fraction of sp³-hybridized carbons (Fsp3) is 0. The molecule has 0 saturated heterocycles. The molecular weight excluding hydrogens is 292 g/mol. The fourth-order valence-electron chi connectivity index (χ4n) is 0.892. The summed E-state index contributed by atoms with van der Waals surface area (Å²) in [4.78, 5) is -1.40. The Morgan fingerprint density at radius 2 is 1.18 bits per heavy atom. The molecule has 0 atom stereocenters. The van der Waals surface area contributed by atoms with Crippen LogP contribution in [0.15, 0.2) is 28.0 Å². The topological polar surface area (TPSA) is 135 Å². The maximum absolute atomic E-state index is 10.7. The first kappa shape index (κ1) is 20.2. The quantitative estimate of drug-likeness (QED) is 0.281. The van der Waals surface area contributed by atoms with E-state index in [9.17, 15) is 16.8 Å². The molecule has 17 heavy (non-hydrogen) atoms. The summed E-state index contributed by atoms with van der Waals surface area (Å²) in [5, 5.41) is 0. The molecule has 0 fully saturated rings. The van der Waals surface area contributed by atoms with E-state index in [-0.39, 0.29) is 67.7 Å². The van der Waals surface area contributed by atoms with Gasteiger partial charge in [0, 0.05) is 5.69 Å². The maximum Gasteiger partial charge on any atom is 1.00 e. The predicted molar refractivity (Wildman–Crippen MR) is 52.7 cm³/mol. The first-order valence-electron chi connectivity index (χ1n) is 3.46. The predicted octanol–water partition coefficient (Wildman–Crippen LogP) is -6.00. The second kappa shape index (κ2) is 6.85. The van der Waals surface area contributed by atoms with Crippen LogP contribution in [-0.4, -0.2) is 25.9 Å². The first-order chi connectivity index (χ1) is 6.60. The number of benzene rings is 1. The van der Waals surface area contributed by atoms with Gasteiger partial charge in [-0.2, -0.15) is 16.8 Å². The zero-order chi connectivity index (χ0) is 11.9. The Labute approximate surface area is 146 Å². The van der Waals surface area contributed by atoms with Gasteiger partial charge in [-0.25, -0.2) is 0 Å². The number of nitrogen functional groups attached to an aromatic ring is 1. The molecule has 7 nitrogen and oxygen atoms in total. The van der Waals surface area contributed by atoms with Crippen molar-refractivity contribution in [2.75, 3.05) is 5.73 Å². The molecule has 0 amide bonds. The van der Waals surface area contributed by atoms with Crippen LogP contribution >= 0.6 is 0 Å². The SMILES string of the molecule is Nc1cc(S(=O)(=O)O)cc(S(=O)(=O)O)c1.[H-].[H-].[Na+].[Na+]. The van der Waals surface area contributed by atoms with Gasteiger partial charge in [-0.15, -0.1) is 0 Å². The molecule has 0 heterocycles. The van der Waals surface area contributed by atoms with Crippen molar-refractivity contribution in [2.24, 2.45) is 0 Å². The molecule has 88 valence electrons. The summed E-state index contributed by atoms with van der Waals surface area (Å²) in [7, 11) is -9.13. The molecule has 0 aliphatic heterocycles. The minimum Gasteiger partial charge on any atom is -1.00 e. The van der Waals surface area contributed by atoms with Gasteiger partial charge in [-0.1, -0.05) is 0 Å². The third-order valence-electron chi connectivity index (χ3n) is 1.50. The van der Waals surface area contributed by atoms with Crippen molar-refractivity contribution in [1.82, 2.24) is 0 Å². The van der Waals surface area contributed by atoms with E-state index in [2.05, 4.69) is 0 Å². The molecule has 1 aromatic carbocycles. The van der Waals surface area contributed by atoms with Crippen LogP contribution < -0.4 is 64.8 Å². The van der Waals surface area contributed by atoms with E-state index < -0.39 is 30.0 Å². The minimum atomic E-state index is -4.56. The molecule has 0 saturated carbocycles. The van der Waals surface area contributed by atoms with Crippen molar-refractivity contribution < 1.29 is 87.9 Å². The normalized spacial score (nSPS) is 11.2. The van der Waals surface area contributed by atoms with Crippen LogP contribution in [0.25, 0.3) is 0 Å². The molecule has 0 radical (unpaired) electrons. The largest absolute Gasteiger partial charge is 1.00 e. The average molecular weight is 301 g/mol. The van der Waals surface area contributed by atoms with Crippen LogP contribution in [-0.2, 0) is 20.2 Å². The second-order valence-electron chi connectivity index (χ2n) is 2.69. The van der Waals surface area contributed by atoms with Gasteiger partial charge in [-0.05, 0) is 18.2 Å². The zero-order valence-electron chi connectivity index (χ0n) is 11.2. The monoisotopic (exact) mass is 301 g/mol. The van der Waals surface area contributed by atoms with Crippen LogP contribution in [0.2, 0.25) is 0 Å². The zero-order valence-corrected chi connectivity index (χ0v) is 14.8. The summed E-state index contributed by atoms with van der Waals surface area (Å²) in [6.45, 7) is 0. The van der Waals surface area contributed by atoms with Gasteiger partial charge >= 0.3 is 59.1 Å².